The Morgan fingerprint density at radius 2 is 2.09 bits per heavy atom. The molecule has 0 spiro atoms. The average Bonchev–Trinajstić information content (AvgIpc) is 2.93. The number of guanidine groups is 1. The quantitative estimate of drug-likeness (QED) is 0.323. The van der Waals surface area contributed by atoms with E-state index in [2.05, 4.69) is 20.7 Å². The van der Waals surface area contributed by atoms with Gasteiger partial charge in [-0.1, -0.05) is 32.1 Å². The zero-order valence-corrected chi connectivity index (χ0v) is 16.2. The first-order chi connectivity index (χ1) is 10.3. The number of hydrogen-bond acceptors (Lipinski definition) is 2. The van der Waals surface area contributed by atoms with Crippen LogP contribution in [0.15, 0.2) is 17.3 Å². The lowest BCUT2D eigenvalue weighted by molar-refractivity contribution is 0.332. The Labute approximate surface area is 151 Å². The third-order valence-corrected chi connectivity index (χ3v) is 4.39. The molecule has 0 unspecified atom stereocenters. The van der Waals surface area contributed by atoms with Gasteiger partial charge in [0.15, 0.2) is 5.96 Å². The second kappa shape index (κ2) is 10.9. The summed E-state index contributed by atoms with van der Waals surface area (Å²) in [6.07, 6.45) is 11.6. The van der Waals surface area contributed by atoms with Crippen LogP contribution in [0.3, 0.4) is 0 Å². The van der Waals surface area contributed by atoms with E-state index in [1.807, 2.05) is 31.0 Å². The van der Waals surface area contributed by atoms with Crippen LogP contribution in [0.2, 0.25) is 0 Å². The average molecular weight is 419 g/mol. The summed E-state index contributed by atoms with van der Waals surface area (Å²) in [6, 6.07) is 2.02. The van der Waals surface area contributed by atoms with E-state index in [0.717, 1.165) is 30.7 Å². The number of nitrogens with zero attached hydrogens (tertiary/aromatic N) is 3. The maximum absolute atomic E-state index is 4.27. The summed E-state index contributed by atoms with van der Waals surface area (Å²) in [6.45, 7) is 1.75. The molecule has 2 N–H and O–H groups in total. The Hall–Kier alpha value is -0.790. The van der Waals surface area contributed by atoms with Crippen LogP contribution >= 0.6 is 24.0 Å². The van der Waals surface area contributed by atoms with Crippen LogP contribution in [-0.4, -0.2) is 29.3 Å². The topological polar surface area (TPSA) is 54.2 Å². The van der Waals surface area contributed by atoms with Crippen molar-refractivity contribution in [2.75, 3.05) is 13.6 Å². The van der Waals surface area contributed by atoms with Gasteiger partial charge in [-0.25, -0.2) is 0 Å². The van der Waals surface area contributed by atoms with Gasteiger partial charge in [0.1, 0.15) is 0 Å². The fourth-order valence-corrected chi connectivity index (χ4v) is 3.04. The summed E-state index contributed by atoms with van der Waals surface area (Å²) in [5, 5.41) is 10.9. The van der Waals surface area contributed by atoms with E-state index in [1.165, 1.54) is 44.9 Å². The zero-order valence-electron chi connectivity index (χ0n) is 13.8. The van der Waals surface area contributed by atoms with E-state index in [0.29, 0.717) is 0 Å². The third-order valence-electron chi connectivity index (χ3n) is 4.39. The molecule has 1 aromatic heterocycles. The summed E-state index contributed by atoms with van der Waals surface area (Å²) in [7, 11) is 3.77. The van der Waals surface area contributed by atoms with E-state index in [-0.39, 0.29) is 24.0 Å². The second-order valence-corrected chi connectivity index (χ2v) is 5.94. The molecule has 6 heteroatoms. The van der Waals surface area contributed by atoms with Gasteiger partial charge in [-0.15, -0.1) is 24.0 Å². The number of nitrogens with one attached hydrogen (secondary N) is 2. The lowest BCUT2D eigenvalue weighted by atomic mass is 9.86. The highest BCUT2D eigenvalue weighted by Crippen LogP contribution is 2.26. The molecule has 1 aliphatic rings. The molecule has 0 bridgehead atoms. The minimum atomic E-state index is 0. The van der Waals surface area contributed by atoms with Gasteiger partial charge in [0.2, 0.25) is 0 Å². The van der Waals surface area contributed by atoms with Crippen LogP contribution in [0.5, 0.6) is 0 Å². The largest absolute Gasteiger partial charge is 0.356 e. The van der Waals surface area contributed by atoms with Gasteiger partial charge in [0, 0.05) is 26.8 Å². The number of hydrogen-bond donors (Lipinski definition) is 2. The summed E-state index contributed by atoms with van der Waals surface area (Å²) in [5.41, 5.74) is 1.15. The van der Waals surface area contributed by atoms with Crippen molar-refractivity contribution in [3.63, 3.8) is 0 Å². The molecule has 1 saturated carbocycles. The van der Waals surface area contributed by atoms with Crippen molar-refractivity contribution in [3.05, 3.63) is 18.0 Å². The molecule has 1 fully saturated rings. The van der Waals surface area contributed by atoms with Gasteiger partial charge in [0.05, 0.1) is 12.2 Å². The Balaban J connectivity index is 0.00000242. The fraction of sp³-hybridized carbons (Fsp3) is 0.750. The highest BCUT2D eigenvalue weighted by molar-refractivity contribution is 14.0. The number of aromatic nitrogens is 2. The van der Waals surface area contributed by atoms with Gasteiger partial charge in [0.25, 0.3) is 0 Å². The summed E-state index contributed by atoms with van der Waals surface area (Å²) in [5.74, 6) is 1.84. The molecule has 0 saturated heterocycles. The Morgan fingerprint density at radius 3 is 2.73 bits per heavy atom. The maximum Gasteiger partial charge on any atom is 0.191 e. The van der Waals surface area contributed by atoms with Crippen LogP contribution in [-0.2, 0) is 13.6 Å². The molecule has 1 heterocycles. The first-order valence-corrected chi connectivity index (χ1v) is 8.21. The zero-order chi connectivity index (χ0) is 14.9. The number of rotatable bonds is 6. The lowest BCUT2D eigenvalue weighted by Gasteiger charge is -2.21. The van der Waals surface area contributed by atoms with Crippen LogP contribution in [0.25, 0.3) is 0 Å². The van der Waals surface area contributed by atoms with E-state index < -0.39 is 0 Å². The summed E-state index contributed by atoms with van der Waals surface area (Å²) < 4.78 is 1.88. The van der Waals surface area contributed by atoms with Gasteiger partial charge in [-0.2, -0.15) is 5.10 Å². The van der Waals surface area contributed by atoms with E-state index >= 15 is 0 Å². The van der Waals surface area contributed by atoms with E-state index in [1.54, 1.807) is 0 Å². The third kappa shape index (κ3) is 6.54. The predicted molar refractivity (Wildman–Crippen MR) is 103 cm³/mol. The number of halogens is 1. The molecule has 1 aliphatic carbocycles. The predicted octanol–water partition coefficient (Wildman–Crippen LogP) is 3.06. The SMILES string of the molecule is CN=C(NCCCC1CCCCC1)NCc1ccnn1C.I. The molecule has 5 nitrogen and oxygen atoms in total. The minimum absolute atomic E-state index is 0. The first-order valence-electron chi connectivity index (χ1n) is 8.21. The van der Waals surface area contributed by atoms with Gasteiger partial charge in [-0.3, -0.25) is 9.67 Å². The summed E-state index contributed by atoms with van der Waals surface area (Å²) >= 11 is 0. The second-order valence-electron chi connectivity index (χ2n) is 5.94. The number of aliphatic imine (C=N–C) groups is 1. The van der Waals surface area contributed by atoms with Crippen molar-refractivity contribution in [2.24, 2.45) is 18.0 Å². The van der Waals surface area contributed by atoms with Crippen molar-refractivity contribution in [3.8, 4) is 0 Å². The highest BCUT2D eigenvalue weighted by atomic mass is 127. The Kier molecular flexibility index (Phi) is 9.50. The minimum Gasteiger partial charge on any atom is -0.356 e. The lowest BCUT2D eigenvalue weighted by Crippen LogP contribution is -2.37. The molecule has 0 aromatic carbocycles. The Bertz CT molecular complexity index is 437. The molecule has 0 atom stereocenters. The van der Waals surface area contributed by atoms with Gasteiger partial charge in [-0.05, 0) is 24.8 Å². The van der Waals surface area contributed by atoms with E-state index in [9.17, 15) is 0 Å². The van der Waals surface area contributed by atoms with Crippen molar-refractivity contribution < 1.29 is 0 Å². The van der Waals surface area contributed by atoms with Crippen molar-refractivity contribution in [1.29, 1.82) is 0 Å². The molecular weight excluding hydrogens is 389 g/mol. The van der Waals surface area contributed by atoms with Gasteiger partial charge >= 0.3 is 0 Å². The van der Waals surface area contributed by atoms with Gasteiger partial charge < -0.3 is 10.6 Å². The van der Waals surface area contributed by atoms with Crippen LogP contribution in [0.1, 0.15) is 50.6 Å². The normalized spacial score (nSPS) is 16.2. The van der Waals surface area contributed by atoms with Crippen LogP contribution in [0, 0.1) is 5.92 Å². The fourth-order valence-electron chi connectivity index (χ4n) is 3.04. The Morgan fingerprint density at radius 1 is 1.32 bits per heavy atom. The van der Waals surface area contributed by atoms with E-state index in [4.69, 9.17) is 0 Å². The first kappa shape index (κ1) is 19.3. The summed E-state index contributed by atoms with van der Waals surface area (Å²) in [4.78, 5) is 4.27. The molecular formula is C16H30IN5. The smallest absolute Gasteiger partial charge is 0.191 e. The molecule has 0 radical (unpaired) electrons. The molecule has 1 aromatic rings. The molecule has 126 valence electrons. The molecule has 22 heavy (non-hydrogen) atoms. The van der Waals surface area contributed by atoms with Crippen molar-refractivity contribution >= 4 is 29.9 Å². The highest BCUT2D eigenvalue weighted by Gasteiger charge is 2.12. The van der Waals surface area contributed by atoms with Crippen LogP contribution in [0.4, 0.5) is 0 Å². The molecule has 2 rings (SSSR count). The van der Waals surface area contributed by atoms with Crippen molar-refractivity contribution in [1.82, 2.24) is 20.4 Å². The molecule has 0 aliphatic heterocycles. The number of aryl methyl sites for hydroxylation is 1. The van der Waals surface area contributed by atoms with Crippen molar-refractivity contribution in [2.45, 2.75) is 51.5 Å². The monoisotopic (exact) mass is 419 g/mol. The van der Waals surface area contributed by atoms with Crippen LogP contribution < -0.4 is 10.6 Å². The maximum atomic E-state index is 4.27. The molecule has 0 amide bonds. The standard InChI is InChI=1S/C16H29N5.HI/c1-17-16(19-13-15-10-12-20-21(15)2)18-11-6-9-14-7-4-3-5-8-14;/h10,12,14H,3-9,11,13H2,1-2H3,(H2,17,18,19);1H.